The second-order valence-corrected chi connectivity index (χ2v) is 2.81. The Hall–Kier alpha value is -1.40. The molecule has 1 N–H and O–H groups in total. The molecule has 1 rings (SSSR count). The van der Waals surface area contributed by atoms with Crippen LogP contribution in [0.5, 0.6) is 0 Å². The van der Waals surface area contributed by atoms with Gasteiger partial charge < -0.3 is 5.11 Å². The van der Waals surface area contributed by atoms with E-state index in [9.17, 15) is 9.50 Å². The number of aliphatic hydroxyl groups is 1. The summed E-state index contributed by atoms with van der Waals surface area (Å²) in [6, 6.07) is 8.08. The van der Waals surface area contributed by atoms with Crippen LogP contribution in [-0.4, -0.2) is 11.2 Å². The van der Waals surface area contributed by atoms with Crippen molar-refractivity contribution in [3.05, 3.63) is 35.6 Å². The molecule has 68 valence electrons. The highest BCUT2D eigenvalue weighted by atomic mass is 19.1. The molecule has 0 saturated carbocycles. The molecule has 0 aliphatic carbocycles. The fourth-order valence-electron chi connectivity index (χ4n) is 1.10. The highest BCUT2D eigenvalue weighted by Gasteiger charge is 2.07. The molecular formula is C10H10FNO. The van der Waals surface area contributed by atoms with Gasteiger partial charge in [0, 0.05) is 6.42 Å². The van der Waals surface area contributed by atoms with Gasteiger partial charge in [0.1, 0.15) is 5.82 Å². The maximum Gasteiger partial charge on any atom is 0.126 e. The number of aliphatic hydroxyl groups excluding tert-OH is 1. The van der Waals surface area contributed by atoms with Gasteiger partial charge in [-0.2, -0.15) is 5.26 Å². The van der Waals surface area contributed by atoms with Crippen LogP contribution in [0.4, 0.5) is 4.39 Å². The first-order valence-electron chi connectivity index (χ1n) is 4.02. The first-order valence-corrected chi connectivity index (χ1v) is 4.02. The predicted octanol–water partition coefficient (Wildman–Crippen LogP) is 1.64. The third-order valence-corrected chi connectivity index (χ3v) is 1.74. The van der Waals surface area contributed by atoms with Crippen molar-refractivity contribution in [2.75, 3.05) is 0 Å². The normalized spacial score (nSPS) is 12.1. The van der Waals surface area contributed by atoms with Crippen LogP contribution in [0.3, 0.4) is 0 Å². The molecule has 2 nitrogen and oxygen atoms in total. The summed E-state index contributed by atoms with van der Waals surface area (Å²) in [4.78, 5) is 0. The van der Waals surface area contributed by atoms with E-state index in [0.29, 0.717) is 5.56 Å². The molecule has 1 unspecified atom stereocenters. The highest BCUT2D eigenvalue weighted by Crippen LogP contribution is 2.10. The largest absolute Gasteiger partial charge is 0.392 e. The molecule has 0 radical (unpaired) electrons. The van der Waals surface area contributed by atoms with E-state index < -0.39 is 6.10 Å². The van der Waals surface area contributed by atoms with Crippen molar-refractivity contribution in [1.29, 1.82) is 5.26 Å². The Morgan fingerprint density at radius 2 is 2.15 bits per heavy atom. The van der Waals surface area contributed by atoms with Crippen LogP contribution >= 0.6 is 0 Å². The lowest BCUT2D eigenvalue weighted by molar-refractivity contribution is 0.179. The summed E-state index contributed by atoms with van der Waals surface area (Å²) in [5.74, 6) is -0.334. The molecule has 0 amide bonds. The second-order valence-electron chi connectivity index (χ2n) is 2.81. The van der Waals surface area contributed by atoms with Gasteiger partial charge in [0.05, 0.1) is 18.6 Å². The Morgan fingerprint density at radius 3 is 2.77 bits per heavy atom. The lowest BCUT2D eigenvalue weighted by atomic mass is 10.1. The van der Waals surface area contributed by atoms with Crippen LogP contribution in [0.15, 0.2) is 24.3 Å². The number of halogens is 1. The Bertz CT molecular complexity index is 319. The Balaban J connectivity index is 2.64. The van der Waals surface area contributed by atoms with E-state index in [1.807, 2.05) is 6.07 Å². The summed E-state index contributed by atoms with van der Waals surface area (Å²) >= 11 is 0. The molecule has 0 bridgehead atoms. The van der Waals surface area contributed by atoms with Gasteiger partial charge in [0.15, 0.2) is 0 Å². The third-order valence-electron chi connectivity index (χ3n) is 1.74. The average Bonchev–Trinajstić information content (AvgIpc) is 2.09. The minimum absolute atomic E-state index is 0.0360. The topological polar surface area (TPSA) is 44.0 Å². The van der Waals surface area contributed by atoms with Crippen molar-refractivity contribution in [3.63, 3.8) is 0 Å². The zero-order valence-corrected chi connectivity index (χ0v) is 7.07. The number of rotatable bonds is 3. The Morgan fingerprint density at radius 1 is 1.46 bits per heavy atom. The molecule has 0 spiro atoms. The minimum Gasteiger partial charge on any atom is -0.392 e. The van der Waals surface area contributed by atoms with E-state index in [2.05, 4.69) is 0 Å². The molecule has 0 saturated heterocycles. The maximum atomic E-state index is 13.0. The summed E-state index contributed by atoms with van der Waals surface area (Å²) in [6.45, 7) is 0. The van der Waals surface area contributed by atoms with Gasteiger partial charge in [-0.1, -0.05) is 18.2 Å². The number of hydrogen-bond donors (Lipinski definition) is 1. The first-order chi connectivity index (χ1) is 6.24. The molecule has 0 aliphatic rings. The van der Waals surface area contributed by atoms with E-state index >= 15 is 0 Å². The molecule has 1 aromatic carbocycles. The summed E-state index contributed by atoms with van der Waals surface area (Å²) in [5, 5.41) is 17.5. The van der Waals surface area contributed by atoms with Gasteiger partial charge in [-0.3, -0.25) is 0 Å². The summed E-state index contributed by atoms with van der Waals surface area (Å²) in [7, 11) is 0. The third kappa shape index (κ3) is 2.85. The molecule has 0 fully saturated rings. The fraction of sp³-hybridized carbons (Fsp3) is 0.300. The molecular weight excluding hydrogens is 169 g/mol. The van der Waals surface area contributed by atoms with Gasteiger partial charge in [0.25, 0.3) is 0 Å². The predicted molar refractivity (Wildman–Crippen MR) is 46.3 cm³/mol. The Labute approximate surface area is 76.2 Å². The molecule has 3 heteroatoms. The van der Waals surface area contributed by atoms with Gasteiger partial charge in [0.2, 0.25) is 0 Å². The van der Waals surface area contributed by atoms with E-state index in [1.54, 1.807) is 18.2 Å². The summed E-state index contributed by atoms with van der Waals surface area (Å²) in [6.07, 6.45) is -0.545. The van der Waals surface area contributed by atoms with Crippen molar-refractivity contribution < 1.29 is 9.50 Å². The number of hydrogen-bond acceptors (Lipinski definition) is 2. The van der Waals surface area contributed by atoms with Crippen molar-refractivity contribution in [2.45, 2.75) is 18.9 Å². The average molecular weight is 179 g/mol. The van der Waals surface area contributed by atoms with Crippen LogP contribution in [-0.2, 0) is 6.42 Å². The number of nitriles is 1. The van der Waals surface area contributed by atoms with Gasteiger partial charge in [-0.05, 0) is 11.6 Å². The van der Waals surface area contributed by atoms with Gasteiger partial charge >= 0.3 is 0 Å². The van der Waals surface area contributed by atoms with E-state index in [-0.39, 0.29) is 18.7 Å². The summed E-state index contributed by atoms with van der Waals surface area (Å²) in [5.41, 5.74) is 0.449. The van der Waals surface area contributed by atoms with Gasteiger partial charge in [-0.25, -0.2) is 4.39 Å². The smallest absolute Gasteiger partial charge is 0.126 e. The van der Waals surface area contributed by atoms with E-state index in [4.69, 9.17) is 5.26 Å². The van der Waals surface area contributed by atoms with Crippen LogP contribution in [0.2, 0.25) is 0 Å². The van der Waals surface area contributed by atoms with Crippen molar-refractivity contribution in [3.8, 4) is 6.07 Å². The van der Waals surface area contributed by atoms with Crippen molar-refractivity contribution in [1.82, 2.24) is 0 Å². The number of nitrogens with zero attached hydrogens (tertiary/aromatic N) is 1. The molecule has 0 aliphatic heterocycles. The van der Waals surface area contributed by atoms with E-state index in [1.165, 1.54) is 6.07 Å². The first kappa shape index (κ1) is 9.69. The van der Waals surface area contributed by atoms with E-state index in [0.717, 1.165) is 0 Å². The molecule has 1 aromatic rings. The quantitative estimate of drug-likeness (QED) is 0.766. The zero-order chi connectivity index (χ0) is 9.68. The molecule has 13 heavy (non-hydrogen) atoms. The number of benzene rings is 1. The lowest BCUT2D eigenvalue weighted by Gasteiger charge is -2.06. The van der Waals surface area contributed by atoms with Crippen LogP contribution in [0.1, 0.15) is 12.0 Å². The van der Waals surface area contributed by atoms with Crippen LogP contribution in [0.25, 0.3) is 0 Å². The minimum atomic E-state index is -0.776. The fourth-order valence-corrected chi connectivity index (χ4v) is 1.10. The maximum absolute atomic E-state index is 13.0. The van der Waals surface area contributed by atoms with Crippen LogP contribution in [0, 0.1) is 17.1 Å². The SMILES string of the molecule is N#CCC(O)Cc1ccccc1F. The Kier molecular flexibility index (Phi) is 3.41. The molecule has 0 heterocycles. The zero-order valence-electron chi connectivity index (χ0n) is 7.07. The monoisotopic (exact) mass is 179 g/mol. The highest BCUT2D eigenvalue weighted by molar-refractivity contribution is 5.18. The molecule has 0 aromatic heterocycles. The lowest BCUT2D eigenvalue weighted by Crippen LogP contribution is -2.10. The van der Waals surface area contributed by atoms with Crippen molar-refractivity contribution in [2.24, 2.45) is 0 Å². The second kappa shape index (κ2) is 4.58. The standard InChI is InChI=1S/C10H10FNO/c11-10-4-2-1-3-8(10)7-9(13)5-6-12/h1-4,9,13H,5,7H2. The van der Waals surface area contributed by atoms with Crippen molar-refractivity contribution >= 4 is 0 Å². The van der Waals surface area contributed by atoms with Crippen LogP contribution < -0.4 is 0 Å². The summed E-state index contributed by atoms with van der Waals surface area (Å²) < 4.78 is 13.0. The van der Waals surface area contributed by atoms with Gasteiger partial charge in [-0.15, -0.1) is 0 Å². The molecule has 1 atom stereocenters.